The number of aromatic nitrogens is 2. The van der Waals surface area contributed by atoms with E-state index in [-0.39, 0.29) is 0 Å². The quantitative estimate of drug-likeness (QED) is 0.748. The van der Waals surface area contributed by atoms with Crippen LogP contribution in [0.25, 0.3) is 11.4 Å². The molecule has 2 fully saturated rings. The first kappa shape index (κ1) is 18.3. The van der Waals surface area contributed by atoms with Crippen molar-refractivity contribution in [3.8, 4) is 11.4 Å². The fourth-order valence-electron chi connectivity index (χ4n) is 4.88. The van der Waals surface area contributed by atoms with Crippen molar-refractivity contribution in [1.29, 1.82) is 0 Å². The molecule has 1 aliphatic carbocycles. The number of nitrogens with zero attached hydrogens (tertiary/aromatic N) is 3. The van der Waals surface area contributed by atoms with E-state index in [1.54, 1.807) is 0 Å². The molecule has 1 saturated carbocycles. The molecule has 0 spiro atoms. The van der Waals surface area contributed by atoms with Crippen LogP contribution in [0.3, 0.4) is 0 Å². The molecule has 1 saturated heterocycles. The molecular formula is C23H31N3O. The number of piperidine rings is 1. The normalized spacial score (nSPS) is 20.9. The van der Waals surface area contributed by atoms with Crippen LogP contribution >= 0.6 is 0 Å². The fourth-order valence-corrected chi connectivity index (χ4v) is 4.88. The molecule has 27 heavy (non-hydrogen) atoms. The van der Waals surface area contributed by atoms with Crippen LogP contribution in [0.4, 0.5) is 0 Å². The highest BCUT2D eigenvalue weighted by molar-refractivity contribution is 5.76. The first-order valence-corrected chi connectivity index (χ1v) is 10.6. The van der Waals surface area contributed by atoms with Gasteiger partial charge in [-0.15, -0.1) is 0 Å². The molecule has 144 valence electrons. The van der Waals surface area contributed by atoms with E-state index in [4.69, 9.17) is 0 Å². The summed E-state index contributed by atoms with van der Waals surface area (Å²) in [5.74, 6) is 2.17. The molecule has 0 N–H and O–H groups in total. The van der Waals surface area contributed by atoms with Crippen molar-refractivity contribution >= 4 is 5.91 Å². The predicted octanol–water partition coefficient (Wildman–Crippen LogP) is 4.99. The highest BCUT2D eigenvalue weighted by atomic mass is 16.2. The van der Waals surface area contributed by atoms with E-state index in [2.05, 4.69) is 45.6 Å². The van der Waals surface area contributed by atoms with Crippen LogP contribution < -0.4 is 0 Å². The zero-order chi connectivity index (χ0) is 18.6. The van der Waals surface area contributed by atoms with Crippen LogP contribution in [0.5, 0.6) is 0 Å². The minimum atomic E-state index is 0.326. The van der Waals surface area contributed by atoms with E-state index in [1.165, 1.54) is 31.4 Å². The van der Waals surface area contributed by atoms with E-state index < -0.39 is 0 Å². The summed E-state index contributed by atoms with van der Waals surface area (Å²) in [6.45, 7) is 3.86. The van der Waals surface area contributed by atoms with Gasteiger partial charge < -0.3 is 9.47 Å². The van der Waals surface area contributed by atoms with Crippen LogP contribution in [0.1, 0.15) is 63.1 Å². The number of aryl methyl sites for hydroxylation is 1. The second-order valence-corrected chi connectivity index (χ2v) is 8.28. The summed E-state index contributed by atoms with van der Waals surface area (Å²) in [5.41, 5.74) is 2.33. The van der Waals surface area contributed by atoms with Gasteiger partial charge in [-0.1, -0.05) is 56.0 Å². The van der Waals surface area contributed by atoms with Crippen LogP contribution in [-0.4, -0.2) is 33.4 Å². The van der Waals surface area contributed by atoms with Crippen molar-refractivity contribution in [2.24, 2.45) is 5.92 Å². The number of carbonyl (C=O) groups is 1. The minimum Gasteiger partial charge on any atom is -0.341 e. The van der Waals surface area contributed by atoms with Gasteiger partial charge in [0.05, 0.1) is 6.04 Å². The largest absolute Gasteiger partial charge is 0.341 e. The molecule has 1 atom stereocenters. The standard InChI is InChI=1S/C23H31N3O/c1-18-16-24-23(20-10-3-2-4-11-20)26(18)21-12-7-15-25(17-21)22(27)14-13-19-8-5-6-9-19/h2-4,10-11,16,19,21H,5-9,12-15,17H2,1H3. The van der Waals surface area contributed by atoms with Crippen LogP contribution in [0.2, 0.25) is 0 Å². The molecule has 1 aromatic heterocycles. The van der Waals surface area contributed by atoms with Gasteiger partial charge in [0.25, 0.3) is 0 Å². The lowest BCUT2D eigenvalue weighted by atomic mass is 10.00. The molecule has 1 unspecified atom stereocenters. The molecule has 0 radical (unpaired) electrons. The molecule has 0 bridgehead atoms. The third-order valence-corrected chi connectivity index (χ3v) is 6.37. The number of amides is 1. The number of hydrogen-bond donors (Lipinski definition) is 0. The molecule has 2 heterocycles. The van der Waals surface area contributed by atoms with Gasteiger partial charge in [-0.3, -0.25) is 4.79 Å². The zero-order valence-electron chi connectivity index (χ0n) is 16.4. The Morgan fingerprint density at radius 2 is 1.89 bits per heavy atom. The number of rotatable bonds is 5. The fraction of sp³-hybridized carbons (Fsp3) is 0.565. The Kier molecular flexibility index (Phi) is 5.61. The van der Waals surface area contributed by atoms with Gasteiger partial charge in [0.15, 0.2) is 0 Å². The molecule has 1 aliphatic heterocycles. The Labute approximate surface area is 162 Å². The molecule has 4 nitrogen and oxygen atoms in total. The third kappa shape index (κ3) is 4.10. The Morgan fingerprint density at radius 3 is 2.67 bits per heavy atom. The summed E-state index contributed by atoms with van der Waals surface area (Å²) in [4.78, 5) is 19.6. The lowest BCUT2D eigenvalue weighted by Crippen LogP contribution is -2.41. The highest BCUT2D eigenvalue weighted by Gasteiger charge is 2.28. The minimum absolute atomic E-state index is 0.326. The second-order valence-electron chi connectivity index (χ2n) is 8.28. The van der Waals surface area contributed by atoms with Gasteiger partial charge >= 0.3 is 0 Å². The van der Waals surface area contributed by atoms with Crippen LogP contribution in [0.15, 0.2) is 36.5 Å². The van der Waals surface area contributed by atoms with Gasteiger partial charge in [-0.2, -0.15) is 0 Å². The van der Waals surface area contributed by atoms with E-state index in [0.717, 1.165) is 56.1 Å². The Morgan fingerprint density at radius 1 is 1.11 bits per heavy atom. The van der Waals surface area contributed by atoms with Crippen LogP contribution in [-0.2, 0) is 4.79 Å². The Bertz CT molecular complexity index is 761. The van der Waals surface area contributed by atoms with E-state index >= 15 is 0 Å². The first-order valence-electron chi connectivity index (χ1n) is 10.6. The van der Waals surface area contributed by atoms with Gasteiger partial charge in [-0.25, -0.2) is 4.98 Å². The molecule has 1 aromatic carbocycles. The smallest absolute Gasteiger partial charge is 0.222 e. The molecule has 2 aliphatic rings. The monoisotopic (exact) mass is 365 g/mol. The average molecular weight is 366 g/mol. The number of imidazole rings is 1. The number of likely N-dealkylation sites (tertiary alicyclic amines) is 1. The summed E-state index contributed by atoms with van der Waals surface area (Å²) in [7, 11) is 0. The molecular weight excluding hydrogens is 334 g/mol. The van der Waals surface area contributed by atoms with Crippen LogP contribution in [0, 0.1) is 12.8 Å². The van der Waals surface area contributed by atoms with Crippen molar-refractivity contribution in [3.63, 3.8) is 0 Å². The maximum Gasteiger partial charge on any atom is 0.222 e. The topological polar surface area (TPSA) is 38.1 Å². The van der Waals surface area contributed by atoms with E-state index in [0.29, 0.717) is 11.9 Å². The lowest BCUT2D eigenvalue weighted by molar-refractivity contribution is -0.133. The Hall–Kier alpha value is -2.10. The Balaban J connectivity index is 1.45. The van der Waals surface area contributed by atoms with Crippen molar-refractivity contribution in [3.05, 3.63) is 42.2 Å². The van der Waals surface area contributed by atoms with Crippen molar-refractivity contribution < 1.29 is 4.79 Å². The number of hydrogen-bond acceptors (Lipinski definition) is 2. The summed E-state index contributed by atoms with van der Waals surface area (Å²) in [6.07, 6.45) is 11.3. The number of carbonyl (C=O) groups excluding carboxylic acids is 1. The van der Waals surface area contributed by atoms with E-state index in [9.17, 15) is 4.79 Å². The summed E-state index contributed by atoms with van der Waals surface area (Å²) in [6, 6.07) is 10.7. The maximum atomic E-state index is 12.8. The van der Waals surface area contributed by atoms with Gasteiger partial charge in [0, 0.05) is 37.0 Å². The van der Waals surface area contributed by atoms with Crippen molar-refractivity contribution in [2.45, 2.75) is 64.3 Å². The van der Waals surface area contributed by atoms with Gasteiger partial charge in [0.1, 0.15) is 5.82 Å². The highest BCUT2D eigenvalue weighted by Crippen LogP contribution is 2.31. The third-order valence-electron chi connectivity index (χ3n) is 6.37. The summed E-state index contributed by atoms with van der Waals surface area (Å²) in [5, 5.41) is 0. The van der Waals surface area contributed by atoms with Crippen molar-refractivity contribution in [2.75, 3.05) is 13.1 Å². The predicted molar refractivity (Wildman–Crippen MR) is 108 cm³/mol. The van der Waals surface area contributed by atoms with Crippen molar-refractivity contribution in [1.82, 2.24) is 14.5 Å². The molecule has 1 amide bonds. The second kappa shape index (κ2) is 8.28. The maximum absolute atomic E-state index is 12.8. The summed E-state index contributed by atoms with van der Waals surface area (Å²) >= 11 is 0. The summed E-state index contributed by atoms with van der Waals surface area (Å²) < 4.78 is 2.35. The SMILES string of the molecule is Cc1cnc(-c2ccccc2)n1C1CCCN(C(=O)CCC2CCCC2)C1. The number of benzene rings is 1. The van der Waals surface area contributed by atoms with Gasteiger partial charge in [-0.05, 0) is 32.1 Å². The van der Waals surface area contributed by atoms with E-state index in [1.807, 2.05) is 12.3 Å². The first-order chi connectivity index (χ1) is 13.2. The molecule has 4 rings (SSSR count). The zero-order valence-corrected chi connectivity index (χ0v) is 16.4. The van der Waals surface area contributed by atoms with Gasteiger partial charge in [0.2, 0.25) is 5.91 Å². The molecule has 4 heteroatoms. The molecule has 2 aromatic rings. The average Bonchev–Trinajstić information content (AvgIpc) is 3.36. The lowest BCUT2D eigenvalue weighted by Gasteiger charge is -2.35.